The number of thioether (sulfide) groups is 1. The molecule has 5 heteroatoms. The highest BCUT2D eigenvalue weighted by Gasteiger charge is 2.02. The SMILES string of the molecule is COCCNCCSc1nc2ccc(C)cc2[nH]1. The predicted molar refractivity (Wildman–Crippen MR) is 76.3 cm³/mol. The summed E-state index contributed by atoms with van der Waals surface area (Å²) < 4.78 is 4.97. The maximum atomic E-state index is 4.97. The number of hydrogen-bond donors (Lipinski definition) is 2. The van der Waals surface area contributed by atoms with Crippen molar-refractivity contribution in [3.05, 3.63) is 23.8 Å². The van der Waals surface area contributed by atoms with Gasteiger partial charge in [0.15, 0.2) is 5.16 Å². The molecule has 1 aromatic heterocycles. The van der Waals surface area contributed by atoms with Crippen molar-refractivity contribution in [2.75, 3.05) is 32.6 Å². The van der Waals surface area contributed by atoms with Gasteiger partial charge in [-0.05, 0) is 24.6 Å². The molecule has 0 saturated heterocycles. The number of hydrogen-bond acceptors (Lipinski definition) is 4. The number of aromatic nitrogens is 2. The molecule has 0 radical (unpaired) electrons. The van der Waals surface area contributed by atoms with Crippen LogP contribution in [-0.4, -0.2) is 42.5 Å². The highest BCUT2D eigenvalue weighted by molar-refractivity contribution is 7.99. The summed E-state index contributed by atoms with van der Waals surface area (Å²) in [7, 11) is 1.72. The molecule has 0 aliphatic heterocycles. The number of rotatable bonds is 7. The van der Waals surface area contributed by atoms with Gasteiger partial charge >= 0.3 is 0 Å². The zero-order valence-electron chi connectivity index (χ0n) is 10.8. The van der Waals surface area contributed by atoms with Crippen LogP contribution in [0.25, 0.3) is 11.0 Å². The largest absolute Gasteiger partial charge is 0.383 e. The Bertz CT molecular complexity index is 498. The number of H-pyrrole nitrogens is 1. The van der Waals surface area contributed by atoms with Gasteiger partial charge in [-0.25, -0.2) is 4.98 Å². The van der Waals surface area contributed by atoms with E-state index in [0.717, 1.165) is 41.6 Å². The van der Waals surface area contributed by atoms with Gasteiger partial charge in [0.1, 0.15) is 0 Å². The Labute approximate surface area is 112 Å². The number of nitrogens with one attached hydrogen (secondary N) is 2. The zero-order valence-corrected chi connectivity index (χ0v) is 11.6. The summed E-state index contributed by atoms with van der Waals surface area (Å²) in [6, 6.07) is 6.27. The van der Waals surface area contributed by atoms with Crippen LogP contribution in [0.4, 0.5) is 0 Å². The fourth-order valence-corrected chi connectivity index (χ4v) is 2.47. The number of methoxy groups -OCH3 is 1. The lowest BCUT2D eigenvalue weighted by Gasteiger charge is -2.01. The molecule has 2 aromatic rings. The predicted octanol–water partition coefficient (Wildman–Crippen LogP) is 2.20. The van der Waals surface area contributed by atoms with Gasteiger partial charge < -0.3 is 15.0 Å². The zero-order chi connectivity index (χ0) is 12.8. The smallest absolute Gasteiger partial charge is 0.166 e. The number of nitrogens with zero attached hydrogens (tertiary/aromatic N) is 1. The molecule has 0 bridgehead atoms. The van der Waals surface area contributed by atoms with Crippen LogP contribution < -0.4 is 5.32 Å². The van der Waals surface area contributed by atoms with Crippen molar-refractivity contribution in [1.29, 1.82) is 0 Å². The molecule has 2 N–H and O–H groups in total. The number of imidazole rings is 1. The number of aromatic amines is 1. The van der Waals surface area contributed by atoms with Crippen molar-refractivity contribution in [2.24, 2.45) is 0 Å². The molecule has 0 spiro atoms. The van der Waals surface area contributed by atoms with Gasteiger partial charge in [0, 0.05) is 26.0 Å². The lowest BCUT2D eigenvalue weighted by Crippen LogP contribution is -2.21. The third-order valence-corrected chi connectivity index (χ3v) is 3.49. The second-order valence-electron chi connectivity index (χ2n) is 4.15. The molecule has 18 heavy (non-hydrogen) atoms. The summed E-state index contributed by atoms with van der Waals surface area (Å²) in [5, 5.41) is 4.30. The molecule has 0 unspecified atom stereocenters. The van der Waals surface area contributed by atoms with Crippen LogP contribution in [0.3, 0.4) is 0 Å². The normalized spacial score (nSPS) is 11.2. The molecule has 1 heterocycles. The molecule has 98 valence electrons. The van der Waals surface area contributed by atoms with E-state index in [0.29, 0.717) is 0 Å². The number of fused-ring (bicyclic) bond motifs is 1. The minimum atomic E-state index is 0.759. The molecule has 2 rings (SSSR count). The molecular weight excluding hydrogens is 246 g/mol. The number of aryl methyl sites for hydroxylation is 1. The van der Waals surface area contributed by atoms with Crippen LogP contribution in [0.1, 0.15) is 5.56 Å². The van der Waals surface area contributed by atoms with E-state index in [4.69, 9.17) is 4.74 Å². The van der Waals surface area contributed by atoms with Gasteiger partial charge in [-0.3, -0.25) is 0 Å². The van der Waals surface area contributed by atoms with Crippen LogP contribution in [-0.2, 0) is 4.74 Å². The van der Waals surface area contributed by atoms with E-state index in [1.54, 1.807) is 18.9 Å². The van der Waals surface area contributed by atoms with Crippen LogP contribution in [0.15, 0.2) is 23.4 Å². The first kappa shape index (κ1) is 13.4. The maximum absolute atomic E-state index is 4.97. The third kappa shape index (κ3) is 3.73. The Morgan fingerprint density at radius 1 is 1.39 bits per heavy atom. The summed E-state index contributed by atoms with van der Waals surface area (Å²) >= 11 is 1.74. The fraction of sp³-hybridized carbons (Fsp3) is 0.462. The molecule has 0 aliphatic carbocycles. The average Bonchev–Trinajstić information content (AvgIpc) is 2.75. The van der Waals surface area contributed by atoms with Gasteiger partial charge in [-0.15, -0.1) is 0 Å². The van der Waals surface area contributed by atoms with E-state index in [1.165, 1.54) is 5.56 Å². The van der Waals surface area contributed by atoms with Crippen LogP contribution >= 0.6 is 11.8 Å². The summed E-state index contributed by atoms with van der Waals surface area (Å²) in [6.45, 7) is 4.71. The molecule has 0 saturated carbocycles. The average molecular weight is 265 g/mol. The first-order valence-electron chi connectivity index (χ1n) is 6.08. The third-order valence-electron chi connectivity index (χ3n) is 2.62. The maximum Gasteiger partial charge on any atom is 0.166 e. The molecule has 0 aliphatic rings. The van der Waals surface area contributed by atoms with Gasteiger partial charge in [0.05, 0.1) is 17.6 Å². The number of ether oxygens (including phenoxy) is 1. The second kappa shape index (κ2) is 6.78. The van der Waals surface area contributed by atoms with E-state index in [2.05, 4.69) is 40.4 Å². The summed E-state index contributed by atoms with van der Waals surface area (Å²) in [4.78, 5) is 7.88. The van der Waals surface area contributed by atoms with Crippen molar-refractivity contribution < 1.29 is 4.74 Å². The Hall–Kier alpha value is -1.04. The second-order valence-corrected chi connectivity index (χ2v) is 5.24. The molecule has 0 fully saturated rings. The molecular formula is C13H19N3OS. The highest BCUT2D eigenvalue weighted by Crippen LogP contribution is 2.19. The Morgan fingerprint density at radius 2 is 2.28 bits per heavy atom. The molecule has 4 nitrogen and oxygen atoms in total. The van der Waals surface area contributed by atoms with Crippen LogP contribution in [0.2, 0.25) is 0 Å². The first-order chi connectivity index (χ1) is 8.79. The van der Waals surface area contributed by atoms with E-state index in [9.17, 15) is 0 Å². The molecule has 0 atom stereocenters. The monoisotopic (exact) mass is 265 g/mol. The Kier molecular flexibility index (Phi) is 5.04. The Morgan fingerprint density at radius 3 is 3.11 bits per heavy atom. The summed E-state index contributed by atoms with van der Waals surface area (Å²) in [6.07, 6.45) is 0. The van der Waals surface area contributed by atoms with Crippen molar-refractivity contribution >= 4 is 22.8 Å². The lowest BCUT2D eigenvalue weighted by molar-refractivity contribution is 0.200. The van der Waals surface area contributed by atoms with E-state index < -0.39 is 0 Å². The van der Waals surface area contributed by atoms with Crippen molar-refractivity contribution in [1.82, 2.24) is 15.3 Å². The first-order valence-corrected chi connectivity index (χ1v) is 7.07. The molecule has 1 aromatic carbocycles. The van der Waals surface area contributed by atoms with Crippen molar-refractivity contribution in [3.63, 3.8) is 0 Å². The molecule has 0 amide bonds. The lowest BCUT2D eigenvalue weighted by atomic mass is 10.2. The van der Waals surface area contributed by atoms with Crippen molar-refractivity contribution in [2.45, 2.75) is 12.1 Å². The van der Waals surface area contributed by atoms with Gasteiger partial charge in [0.2, 0.25) is 0 Å². The van der Waals surface area contributed by atoms with E-state index in [-0.39, 0.29) is 0 Å². The summed E-state index contributed by atoms with van der Waals surface area (Å²) in [5.41, 5.74) is 3.41. The van der Waals surface area contributed by atoms with Gasteiger partial charge in [-0.2, -0.15) is 0 Å². The highest BCUT2D eigenvalue weighted by atomic mass is 32.2. The van der Waals surface area contributed by atoms with Gasteiger partial charge in [0.25, 0.3) is 0 Å². The minimum Gasteiger partial charge on any atom is -0.383 e. The summed E-state index contributed by atoms with van der Waals surface area (Å²) in [5.74, 6) is 1.00. The number of benzene rings is 1. The van der Waals surface area contributed by atoms with E-state index >= 15 is 0 Å². The van der Waals surface area contributed by atoms with Crippen LogP contribution in [0.5, 0.6) is 0 Å². The van der Waals surface area contributed by atoms with Gasteiger partial charge in [-0.1, -0.05) is 17.8 Å². The Balaban J connectivity index is 1.81. The van der Waals surface area contributed by atoms with Crippen molar-refractivity contribution in [3.8, 4) is 0 Å². The fourth-order valence-electron chi connectivity index (χ4n) is 1.69. The standard InChI is InChI=1S/C13H19N3OS/c1-10-3-4-11-12(9-10)16-13(15-11)18-8-6-14-5-7-17-2/h3-4,9,14H,5-8H2,1-2H3,(H,15,16). The topological polar surface area (TPSA) is 49.9 Å². The van der Waals surface area contributed by atoms with Crippen LogP contribution in [0, 0.1) is 6.92 Å². The van der Waals surface area contributed by atoms with E-state index in [1.807, 2.05) is 0 Å². The quantitative estimate of drug-likeness (QED) is 0.595. The minimum absolute atomic E-state index is 0.759.